The summed E-state index contributed by atoms with van der Waals surface area (Å²) < 4.78 is 5.77. The van der Waals surface area contributed by atoms with E-state index in [1.54, 1.807) is 0 Å². The first kappa shape index (κ1) is 26.6. The molecule has 0 saturated heterocycles. The number of unbranched alkanes of at least 4 members (excludes halogenated alkanes) is 9. The van der Waals surface area contributed by atoms with Crippen LogP contribution in [0, 0.1) is 0 Å². The molecule has 1 N–H and O–H groups in total. The highest BCUT2D eigenvalue weighted by Gasteiger charge is 1.99. The first-order chi connectivity index (χ1) is 16.2. The highest BCUT2D eigenvalue weighted by Crippen LogP contribution is 2.22. The van der Waals surface area contributed by atoms with Crippen LogP contribution in [0.4, 0.5) is 11.4 Å². The molecule has 180 valence electrons. The van der Waals surface area contributed by atoms with Gasteiger partial charge in [-0.05, 0) is 67.6 Å². The van der Waals surface area contributed by atoms with Crippen molar-refractivity contribution in [2.75, 3.05) is 6.61 Å². The Kier molecular flexibility index (Phi) is 13.6. The zero-order valence-electron chi connectivity index (χ0n) is 20.2. The van der Waals surface area contributed by atoms with Crippen LogP contribution < -0.4 is 4.74 Å². The Labute approximate surface area is 199 Å². The zero-order chi connectivity index (χ0) is 23.6. The summed E-state index contributed by atoms with van der Waals surface area (Å²) >= 11 is 0. The average Bonchev–Trinajstić information content (AvgIpc) is 2.83. The zero-order valence-corrected chi connectivity index (χ0v) is 20.2. The molecule has 0 aliphatic heterocycles. The lowest BCUT2D eigenvalue weighted by Gasteiger charge is -2.06. The van der Waals surface area contributed by atoms with Crippen molar-refractivity contribution < 1.29 is 14.6 Å². The van der Waals surface area contributed by atoms with E-state index in [9.17, 15) is 4.79 Å². The molecule has 2 aromatic carbocycles. The Morgan fingerprint density at radius 3 is 1.91 bits per heavy atom. The van der Waals surface area contributed by atoms with Gasteiger partial charge >= 0.3 is 5.97 Å². The molecule has 0 unspecified atom stereocenters. The van der Waals surface area contributed by atoms with Crippen molar-refractivity contribution in [3.05, 3.63) is 54.1 Å². The maximum absolute atomic E-state index is 10.5. The van der Waals surface area contributed by atoms with Crippen molar-refractivity contribution in [2.45, 2.75) is 90.4 Å². The number of hydrogen-bond acceptors (Lipinski definition) is 4. The number of aliphatic carboxylic acids is 1. The van der Waals surface area contributed by atoms with Crippen molar-refractivity contribution in [3.8, 4) is 5.75 Å². The van der Waals surface area contributed by atoms with E-state index in [1.807, 2.05) is 36.4 Å². The van der Waals surface area contributed by atoms with Crippen LogP contribution in [0.2, 0.25) is 0 Å². The van der Waals surface area contributed by atoms with E-state index in [0.717, 1.165) is 55.6 Å². The molecule has 5 nitrogen and oxygen atoms in total. The highest BCUT2D eigenvalue weighted by molar-refractivity contribution is 5.66. The molecule has 33 heavy (non-hydrogen) atoms. The number of benzene rings is 2. The van der Waals surface area contributed by atoms with Gasteiger partial charge in [-0.15, -0.1) is 0 Å². The maximum atomic E-state index is 10.5. The van der Waals surface area contributed by atoms with Gasteiger partial charge in [0.1, 0.15) is 5.75 Å². The minimum Gasteiger partial charge on any atom is -0.494 e. The quantitative estimate of drug-likeness (QED) is 0.181. The smallest absolute Gasteiger partial charge is 0.303 e. The molecule has 0 amide bonds. The molecule has 0 aliphatic rings. The second kappa shape index (κ2) is 16.9. The minimum absolute atomic E-state index is 0.269. The van der Waals surface area contributed by atoms with E-state index >= 15 is 0 Å². The third kappa shape index (κ3) is 12.8. The van der Waals surface area contributed by atoms with Crippen LogP contribution in [0.1, 0.15) is 89.5 Å². The summed E-state index contributed by atoms with van der Waals surface area (Å²) in [6.45, 7) is 2.92. The number of rotatable bonds is 18. The van der Waals surface area contributed by atoms with E-state index in [-0.39, 0.29) is 6.42 Å². The molecule has 5 heteroatoms. The fourth-order valence-corrected chi connectivity index (χ4v) is 3.66. The third-order valence-corrected chi connectivity index (χ3v) is 5.68. The van der Waals surface area contributed by atoms with E-state index < -0.39 is 5.97 Å². The van der Waals surface area contributed by atoms with Crippen molar-refractivity contribution in [3.63, 3.8) is 0 Å². The Bertz CT molecular complexity index is 801. The number of azo groups is 1. The molecule has 0 aromatic heterocycles. The number of carboxylic acid groups (broad SMARTS) is 1. The van der Waals surface area contributed by atoms with E-state index in [2.05, 4.69) is 29.3 Å². The fraction of sp³-hybridized carbons (Fsp3) is 0.536. The summed E-state index contributed by atoms with van der Waals surface area (Å²) in [6.07, 6.45) is 14.2. The number of nitrogens with zero attached hydrogens (tertiary/aromatic N) is 2. The molecular formula is C28H40N2O3. The molecule has 0 atom stereocenters. The van der Waals surface area contributed by atoms with Crippen LogP contribution >= 0.6 is 0 Å². The lowest BCUT2D eigenvalue weighted by Crippen LogP contribution is -1.97. The predicted molar refractivity (Wildman–Crippen MR) is 135 cm³/mol. The van der Waals surface area contributed by atoms with Gasteiger partial charge in [-0.3, -0.25) is 4.79 Å². The second-order valence-corrected chi connectivity index (χ2v) is 8.64. The Morgan fingerprint density at radius 1 is 0.727 bits per heavy atom. The maximum Gasteiger partial charge on any atom is 0.303 e. The molecule has 0 radical (unpaired) electrons. The van der Waals surface area contributed by atoms with Crippen LogP contribution in [0.25, 0.3) is 0 Å². The molecule has 0 fully saturated rings. The van der Waals surface area contributed by atoms with Gasteiger partial charge in [0.25, 0.3) is 0 Å². The van der Waals surface area contributed by atoms with Crippen LogP contribution in [0.15, 0.2) is 58.8 Å². The standard InChI is InChI=1S/C28H40N2O3/c1-2-3-4-5-7-10-13-24-15-17-25(18-16-24)29-30-26-19-21-27(22-20-26)33-23-12-9-6-8-11-14-28(31)32/h15-22H,2-14,23H2,1H3,(H,31,32). The molecule has 2 rings (SSSR count). The summed E-state index contributed by atoms with van der Waals surface area (Å²) in [5, 5.41) is 17.3. The number of hydrogen-bond donors (Lipinski definition) is 1. The van der Waals surface area contributed by atoms with Gasteiger partial charge in [-0.2, -0.15) is 10.2 Å². The first-order valence-electron chi connectivity index (χ1n) is 12.6. The normalized spacial score (nSPS) is 11.2. The topological polar surface area (TPSA) is 71.2 Å². The monoisotopic (exact) mass is 452 g/mol. The van der Waals surface area contributed by atoms with Crippen molar-refractivity contribution in [1.82, 2.24) is 0 Å². The van der Waals surface area contributed by atoms with Crippen LogP contribution in [0.5, 0.6) is 5.75 Å². The second-order valence-electron chi connectivity index (χ2n) is 8.64. The van der Waals surface area contributed by atoms with Gasteiger partial charge in [0.15, 0.2) is 0 Å². The number of carbonyl (C=O) groups is 1. The summed E-state index contributed by atoms with van der Waals surface area (Å²) in [6, 6.07) is 16.1. The van der Waals surface area contributed by atoms with Gasteiger partial charge in [-0.1, -0.05) is 70.4 Å². The lowest BCUT2D eigenvalue weighted by atomic mass is 10.0. The van der Waals surface area contributed by atoms with E-state index in [0.29, 0.717) is 6.61 Å². The van der Waals surface area contributed by atoms with Gasteiger partial charge < -0.3 is 9.84 Å². The largest absolute Gasteiger partial charge is 0.494 e. The SMILES string of the molecule is CCCCCCCCc1ccc(N=Nc2ccc(OCCCCCCCC(=O)O)cc2)cc1. The summed E-state index contributed by atoms with van der Waals surface area (Å²) in [5.41, 5.74) is 3.04. The first-order valence-corrected chi connectivity index (χ1v) is 12.6. The molecular weight excluding hydrogens is 412 g/mol. The van der Waals surface area contributed by atoms with Crippen LogP contribution in [0.3, 0.4) is 0 Å². The summed E-state index contributed by atoms with van der Waals surface area (Å²) in [5.74, 6) is 0.122. The average molecular weight is 453 g/mol. The Morgan fingerprint density at radius 2 is 1.27 bits per heavy atom. The molecule has 2 aromatic rings. The molecule has 0 heterocycles. The van der Waals surface area contributed by atoms with E-state index in [1.165, 1.54) is 44.1 Å². The van der Waals surface area contributed by atoms with Crippen LogP contribution in [-0.4, -0.2) is 17.7 Å². The summed E-state index contributed by atoms with van der Waals surface area (Å²) in [7, 11) is 0. The minimum atomic E-state index is -0.710. The predicted octanol–water partition coefficient (Wildman–Crippen LogP) is 8.81. The number of aryl methyl sites for hydroxylation is 1. The van der Waals surface area contributed by atoms with Gasteiger partial charge in [0.05, 0.1) is 18.0 Å². The molecule has 0 spiro atoms. The van der Waals surface area contributed by atoms with Gasteiger partial charge in [0, 0.05) is 6.42 Å². The Hall–Kier alpha value is -2.69. The van der Waals surface area contributed by atoms with Gasteiger partial charge in [0.2, 0.25) is 0 Å². The lowest BCUT2D eigenvalue weighted by molar-refractivity contribution is -0.137. The highest BCUT2D eigenvalue weighted by atomic mass is 16.5. The van der Waals surface area contributed by atoms with Crippen LogP contribution in [-0.2, 0) is 11.2 Å². The van der Waals surface area contributed by atoms with Crippen molar-refractivity contribution >= 4 is 17.3 Å². The summed E-state index contributed by atoms with van der Waals surface area (Å²) in [4.78, 5) is 10.5. The number of ether oxygens (including phenoxy) is 1. The van der Waals surface area contributed by atoms with Gasteiger partial charge in [-0.25, -0.2) is 0 Å². The van der Waals surface area contributed by atoms with Crippen molar-refractivity contribution in [1.29, 1.82) is 0 Å². The van der Waals surface area contributed by atoms with E-state index in [4.69, 9.17) is 9.84 Å². The number of carboxylic acids is 1. The third-order valence-electron chi connectivity index (χ3n) is 5.68. The Balaban J connectivity index is 1.62. The molecule has 0 aliphatic carbocycles. The van der Waals surface area contributed by atoms with Crippen molar-refractivity contribution in [2.24, 2.45) is 10.2 Å². The fourth-order valence-electron chi connectivity index (χ4n) is 3.66. The molecule has 0 bridgehead atoms. The molecule has 0 saturated carbocycles.